The van der Waals surface area contributed by atoms with Gasteiger partial charge < -0.3 is 19.5 Å². The molecule has 1 heterocycles. The molecule has 0 amide bonds. The number of fused-ring (bicyclic) bond motifs is 1. The molecule has 110 valence electrons. The summed E-state index contributed by atoms with van der Waals surface area (Å²) < 4.78 is 17.1. The van der Waals surface area contributed by atoms with Gasteiger partial charge in [-0.2, -0.15) is 0 Å². The van der Waals surface area contributed by atoms with Gasteiger partial charge in [-0.05, 0) is 52.7 Å². The van der Waals surface area contributed by atoms with E-state index in [1.807, 2.05) is 31.2 Å². The van der Waals surface area contributed by atoms with Crippen LogP contribution >= 0.6 is 15.9 Å². The van der Waals surface area contributed by atoms with E-state index >= 15 is 0 Å². The summed E-state index contributed by atoms with van der Waals surface area (Å²) in [6, 6.07) is 11.9. The fourth-order valence-corrected chi connectivity index (χ4v) is 2.68. The van der Waals surface area contributed by atoms with E-state index in [1.165, 1.54) is 5.56 Å². The van der Waals surface area contributed by atoms with Crippen LogP contribution in [0.3, 0.4) is 0 Å². The van der Waals surface area contributed by atoms with Crippen LogP contribution in [0.1, 0.15) is 12.5 Å². The molecule has 1 aliphatic rings. The fourth-order valence-electron chi connectivity index (χ4n) is 2.14. The van der Waals surface area contributed by atoms with Crippen molar-refractivity contribution >= 4 is 21.6 Å². The molecule has 5 heteroatoms. The van der Waals surface area contributed by atoms with E-state index in [0.29, 0.717) is 13.4 Å². The third-order valence-corrected chi connectivity index (χ3v) is 3.79. The van der Waals surface area contributed by atoms with E-state index < -0.39 is 0 Å². The lowest BCUT2D eigenvalue weighted by Gasteiger charge is -2.10. The van der Waals surface area contributed by atoms with E-state index in [4.69, 9.17) is 14.2 Å². The molecule has 4 nitrogen and oxygen atoms in total. The first-order valence-corrected chi connectivity index (χ1v) is 7.60. The first-order valence-electron chi connectivity index (χ1n) is 6.81. The lowest BCUT2D eigenvalue weighted by atomic mass is 10.2. The number of rotatable bonds is 5. The summed E-state index contributed by atoms with van der Waals surface area (Å²) in [7, 11) is 0. The standard InChI is InChI=1S/C16H16BrNO3/c1-2-19-14-5-3-11(7-13(14)17)9-18-12-4-6-15-16(8-12)21-10-20-15/h3-8,18H,2,9-10H2,1H3. The molecular formula is C16H16BrNO3. The van der Waals surface area contributed by atoms with Crippen LogP contribution in [-0.2, 0) is 6.54 Å². The topological polar surface area (TPSA) is 39.7 Å². The van der Waals surface area contributed by atoms with Crippen molar-refractivity contribution in [3.63, 3.8) is 0 Å². The van der Waals surface area contributed by atoms with Crippen molar-refractivity contribution in [3.05, 3.63) is 46.4 Å². The van der Waals surface area contributed by atoms with E-state index in [9.17, 15) is 0 Å². The van der Waals surface area contributed by atoms with Crippen molar-refractivity contribution < 1.29 is 14.2 Å². The molecule has 2 aromatic carbocycles. The van der Waals surface area contributed by atoms with Gasteiger partial charge in [0.25, 0.3) is 0 Å². The van der Waals surface area contributed by atoms with Crippen LogP contribution in [-0.4, -0.2) is 13.4 Å². The molecule has 1 aliphatic heterocycles. The van der Waals surface area contributed by atoms with Gasteiger partial charge in [0.2, 0.25) is 6.79 Å². The summed E-state index contributed by atoms with van der Waals surface area (Å²) in [6.45, 7) is 3.66. The molecule has 0 aliphatic carbocycles. The summed E-state index contributed by atoms with van der Waals surface area (Å²) in [5, 5.41) is 3.37. The van der Waals surface area contributed by atoms with Gasteiger partial charge in [0.05, 0.1) is 11.1 Å². The Morgan fingerprint density at radius 1 is 1.14 bits per heavy atom. The molecule has 2 aromatic rings. The van der Waals surface area contributed by atoms with Crippen LogP contribution in [0, 0.1) is 0 Å². The predicted octanol–water partition coefficient (Wildman–Crippen LogP) is 4.19. The highest BCUT2D eigenvalue weighted by molar-refractivity contribution is 9.10. The van der Waals surface area contributed by atoms with Gasteiger partial charge in [-0.25, -0.2) is 0 Å². The van der Waals surface area contributed by atoms with Crippen LogP contribution in [0.4, 0.5) is 5.69 Å². The monoisotopic (exact) mass is 349 g/mol. The van der Waals surface area contributed by atoms with Crippen LogP contribution in [0.15, 0.2) is 40.9 Å². The second kappa shape index (κ2) is 6.26. The Morgan fingerprint density at radius 2 is 2.00 bits per heavy atom. The molecule has 0 bridgehead atoms. The minimum absolute atomic E-state index is 0.296. The number of hydrogen-bond donors (Lipinski definition) is 1. The van der Waals surface area contributed by atoms with Crippen molar-refractivity contribution in [2.45, 2.75) is 13.5 Å². The number of anilines is 1. The minimum Gasteiger partial charge on any atom is -0.493 e. The molecule has 0 unspecified atom stereocenters. The molecule has 0 spiro atoms. The maximum atomic E-state index is 5.51. The van der Waals surface area contributed by atoms with Gasteiger partial charge in [-0.1, -0.05) is 6.07 Å². The molecular weight excluding hydrogens is 334 g/mol. The van der Waals surface area contributed by atoms with Crippen LogP contribution < -0.4 is 19.5 Å². The van der Waals surface area contributed by atoms with Gasteiger partial charge in [0.15, 0.2) is 11.5 Å². The Morgan fingerprint density at radius 3 is 2.81 bits per heavy atom. The average molecular weight is 350 g/mol. The summed E-state index contributed by atoms with van der Waals surface area (Å²) in [4.78, 5) is 0. The second-order valence-electron chi connectivity index (χ2n) is 4.62. The SMILES string of the molecule is CCOc1ccc(CNc2ccc3c(c2)OCO3)cc1Br. The van der Waals surface area contributed by atoms with E-state index in [-0.39, 0.29) is 0 Å². The second-order valence-corrected chi connectivity index (χ2v) is 5.47. The first kappa shape index (κ1) is 14.1. The maximum Gasteiger partial charge on any atom is 0.231 e. The largest absolute Gasteiger partial charge is 0.493 e. The van der Waals surface area contributed by atoms with Crippen LogP contribution in [0.25, 0.3) is 0 Å². The zero-order valence-corrected chi connectivity index (χ0v) is 13.3. The summed E-state index contributed by atoms with van der Waals surface area (Å²) in [6.07, 6.45) is 0. The Kier molecular flexibility index (Phi) is 4.20. The van der Waals surface area contributed by atoms with Crippen molar-refractivity contribution in [1.82, 2.24) is 0 Å². The molecule has 0 saturated heterocycles. The fraction of sp³-hybridized carbons (Fsp3) is 0.250. The predicted molar refractivity (Wildman–Crippen MR) is 85.2 cm³/mol. The number of benzene rings is 2. The van der Waals surface area contributed by atoms with Crippen molar-refractivity contribution in [2.75, 3.05) is 18.7 Å². The number of halogens is 1. The maximum absolute atomic E-state index is 5.51. The highest BCUT2D eigenvalue weighted by Crippen LogP contribution is 2.34. The zero-order valence-electron chi connectivity index (χ0n) is 11.7. The number of hydrogen-bond acceptors (Lipinski definition) is 4. The lowest BCUT2D eigenvalue weighted by molar-refractivity contribution is 0.174. The Balaban J connectivity index is 1.66. The Bertz CT molecular complexity index is 645. The van der Waals surface area contributed by atoms with Crippen molar-refractivity contribution in [3.8, 4) is 17.2 Å². The highest BCUT2D eigenvalue weighted by Gasteiger charge is 2.13. The molecule has 0 saturated carbocycles. The summed E-state index contributed by atoms with van der Waals surface area (Å²) in [5.74, 6) is 2.45. The van der Waals surface area contributed by atoms with E-state index in [0.717, 1.165) is 34.0 Å². The smallest absolute Gasteiger partial charge is 0.231 e. The van der Waals surface area contributed by atoms with Crippen LogP contribution in [0.5, 0.6) is 17.2 Å². The Labute approximate surface area is 132 Å². The minimum atomic E-state index is 0.296. The third-order valence-electron chi connectivity index (χ3n) is 3.17. The van der Waals surface area contributed by atoms with Gasteiger partial charge in [0.1, 0.15) is 5.75 Å². The molecule has 0 aromatic heterocycles. The Hall–Kier alpha value is -1.88. The van der Waals surface area contributed by atoms with Crippen molar-refractivity contribution in [2.24, 2.45) is 0 Å². The zero-order chi connectivity index (χ0) is 14.7. The average Bonchev–Trinajstić information content (AvgIpc) is 2.95. The molecule has 1 N–H and O–H groups in total. The number of ether oxygens (including phenoxy) is 3. The first-order chi connectivity index (χ1) is 10.3. The highest BCUT2D eigenvalue weighted by atomic mass is 79.9. The summed E-state index contributed by atoms with van der Waals surface area (Å²) in [5.41, 5.74) is 2.17. The van der Waals surface area contributed by atoms with E-state index in [1.54, 1.807) is 0 Å². The quantitative estimate of drug-likeness (QED) is 0.878. The molecule has 0 fully saturated rings. The van der Waals surface area contributed by atoms with Crippen LogP contribution in [0.2, 0.25) is 0 Å². The van der Waals surface area contributed by atoms with Gasteiger partial charge in [0, 0.05) is 18.3 Å². The lowest BCUT2D eigenvalue weighted by Crippen LogP contribution is -2.00. The molecule has 0 atom stereocenters. The molecule has 0 radical (unpaired) electrons. The normalized spacial score (nSPS) is 12.3. The molecule has 21 heavy (non-hydrogen) atoms. The van der Waals surface area contributed by atoms with Gasteiger partial charge >= 0.3 is 0 Å². The number of nitrogens with one attached hydrogen (secondary N) is 1. The van der Waals surface area contributed by atoms with Gasteiger partial charge in [-0.3, -0.25) is 0 Å². The third kappa shape index (κ3) is 3.24. The molecule has 3 rings (SSSR count). The van der Waals surface area contributed by atoms with Gasteiger partial charge in [-0.15, -0.1) is 0 Å². The summed E-state index contributed by atoms with van der Waals surface area (Å²) >= 11 is 3.53. The van der Waals surface area contributed by atoms with E-state index in [2.05, 4.69) is 33.4 Å². The van der Waals surface area contributed by atoms with Crippen molar-refractivity contribution in [1.29, 1.82) is 0 Å².